The smallest absolute Gasteiger partial charge is 0.225 e. The van der Waals surface area contributed by atoms with E-state index in [4.69, 9.17) is 0 Å². The van der Waals surface area contributed by atoms with Crippen molar-refractivity contribution in [2.45, 2.75) is 23.7 Å². The van der Waals surface area contributed by atoms with E-state index in [1.807, 2.05) is 18.5 Å². The molecule has 150 valence electrons. The number of nitrogens with zero attached hydrogens (tertiary/aromatic N) is 4. The highest BCUT2D eigenvalue weighted by Crippen LogP contribution is 2.77. The summed E-state index contributed by atoms with van der Waals surface area (Å²) in [7, 11) is 0. The highest BCUT2D eigenvalue weighted by atomic mass is 15.3. The van der Waals surface area contributed by atoms with Crippen molar-refractivity contribution in [2.24, 2.45) is 5.92 Å². The van der Waals surface area contributed by atoms with Crippen molar-refractivity contribution in [1.82, 2.24) is 14.9 Å². The van der Waals surface area contributed by atoms with Crippen molar-refractivity contribution < 1.29 is 0 Å². The summed E-state index contributed by atoms with van der Waals surface area (Å²) < 4.78 is 0. The van der Waals surface area contributed by atoms with Crippen molar-refractivity contribution in [3.8, 4) is 0 Å². The Morgan fingerprint density at radius 2 is 1.50 bits per heavy atom. The fourth-order valence-corrected chi connectivity index (χ4v) is 7.16. The van der Waals surface area contributed by atoms with Gasteiger partial charge in [0.15, 0.2) is 0 Å². The van der Waals surface area contributed by atoms with E-state index >= 15 is 0 Å². The van der Waals surface area contributed by atoms with Gasteiger partial charge >= 0.3 is 0 Å². The number of rotatable bonds is 3. The second-order valence-electron chi connectivity index (χ2n) is 9.47. The fraction of sp³-hybridized carbons (Fsp3) is 0.385. The topological polar surface area (TPSA) is 32.3 Å². The number of anilines is 1. The van der Waals surface area contributed by atoms with E-state index in [9.17, 15) is 0 Å². The van der Waals surface area contributed by atoms with E-state index in [1.54, 1.807) is 22.3 Å². The van der Waals surface area contributed by atoms with Crippen LogP contribution in [0.5, 0.6) is 0 Å². The number of aromatic nitrogens is 2. The first kappa shape index (κ1) is 17.0. The maximum absolute atomic E-state index is 4.43. The Morgan fingerprint density at radius 3 is 2.30 bits per heavy atom. The van der Waals surface area contributed by atoms with Crippen LogP contribution in [0, 0.1) is 5.92 Å². The molecular formula is C26H26N4. The molecule has 3 aromatic rings. The summed E-state index contributed by atoms with van der Waals surface area (Å²) in [6.07, 6.45) is 5.02. The van der Waals surface area contributed by atoms with Gasteiger partial charge in [-0.15, -0.1) is 0 Å². The molecule has 4 atom stereocenters. The van der Waals surface area contributed by atoms with Gasteiger partial charge in [-0.05, 0) is 46.6 Å². The minimum atomic E-state index is 0.393. The molecule has 0 amide bonds. The van der Waals surface area contributed by atoms with Gasteiger partial charge in [0.2, 0.25) is 5.95 Å². The zero-order valence-corrected chi connectivity index (χ0v) is 17.1. The summed E-state index contributed by atoms with van der Waals surface area (Å²) >= 11 is 0. The van der Waals surface area contributed by atoms with Crippen LogP contribution in [0.15, 0.2) is 67.0 Å². The molecule has 1 aromatic heterocycles. The molecule has 4 heteroatoms. The molecule has 2 fully saturated rings. The van der Waals surface area contributed by atoms with Gasteiger partial charge in [-0.1, -0.05) is 48.5 Å². The third kappa shape index (κ3) is 2.10. The summed E-state index contributed by atoms with van der Waals surface area (Å²) in [6, 6.07) is 20.4. The first-order valence-electron chi connectivity index (χ1n) is 11.3. The summed E-state index contributed by atoms with van der Waals surface area (Å²) in [6.45, 7) is 5.48. The molecule has 3 aliphatic carbocycles. The number of hydrogen-bond acceptors (Lipinski definition) is 4. The van der Waals surface area contributed by atoms with E-state index in [0.29, 0.717) is 17.3 Å². The van der Waals surface area contributed by atoms with Crippen molar-refractivity contribution in [3.63, 3.8) is 0 Å². The number of piperazine rings is 1. The molecule has 2 aromatic carbocycles. The maximum Gasteiger partial charge on any atom is 0.225 e. The summed E-state index contributed by atoms with van der Waals surface area (Å²) in [5, 5.41) is 0. The molecule has 4 nitrogen and oxygen atoms in total. The molecule has 7 rings (SSSR count). The third-order valence-corrected chi connectivity index (χ3v) is 8.26. The quantitative estimate of drug-likeness (QED) is 0.676. The second-order valence-corrected chi connectivity index (χ2v) is 9.47. The molecule has 0 bridgehead atoms. The van der Waals surface area contributed by atoms with Crippen molar-refractivity contribution >= 4 is 5.95 Å². The molecule has 4 aliphatic rings. The Balaban J connectivity index is 1.11. The molecule has 4 unspecified atom stereocenters. The molecule has 1 saturated heterocycles. The molecule has 0 N–H and O–H groups in total. The predicted octanol–water partition coefficient (Wildman–Crippen LogP) is 3.80. The minimum Gasteiger partial charge on any atom is -0.338 e. The normalized spacial score (nSPS) is 31.1. The van der Waals surface area contributed by atoms with Gasteiger partial charge in [-0.3, -0.25) is 4.90 Å². The number of fused-ring (bicyclic) bond motifs is 5. The maximum atomic E-state index is 4.43. The summed E-state index contributed by atoms with van der Waals surface area (Å²) in [5.74, 6) is 2.98. The lowest BCUT2D eigenvalue weighted by Gasteiger charge is -2.62. The molecular weight excluding hydrogens is 368 g/mol. The van der Waals surface area contributed by atoms with Crippen LogP contribution in [0.4, 0.5) is 5.95 Å². The monoisotopic (exact) mass is 394 g/mol. The van der Waals surface area contributed by atoms with Crippen LogP contribution in [0.2, 0.25) is 0 Å². The van der Waals surface area contributed by atoms with Gasteiger partial charge < -0.3 is 4.90 Å². The standard InChI is InChI=1S/C26H26N4/c1-2-7-20-19(6-1)23-18(16-26(23)22-9-4-3-8-21(22)24(20)26)17-29-12-14-30(15-13-29)25-27-10-5-11-28-25/h1-11,18,23-24H,12-17H2. The average molecular weight is 395 g/mol. The Labute approximate surface area is 177 Å². The predicted molar refractivity (Wildman–Crippen MR) is 118 cm³/mol. The van der Waals surface area contributed by atoms with Crippen LogP contribution in [-0.2, 0) is 5.41 Å². The lowest BCUT2D eigenvalue weighted by molar-refractivity contribution is 0.0402. The fourth-order valence-electron chi connectivity index (χ4n) is 7.16. The Kier molecular flexibility index (Phi) is 3.48. The van der Waals surface area contributed by atoms with Gasteiger partial charge in [0.05, 0.1) is 0 Å². The Bertz CT molecular complexity index is 1100. The van der Waals surface area contributed by atoms with Crippen LogP contribution in [-0.4, -0.2) is 47.6 Å². The van der Waals surface area contributed by atoms with E-state index in [0.717, 1.165) is 38.0 Å². The van der Waals surface area contributed by atoms with Gasteiger partial charge in [0.25, 0.3) is 0 Å². The third-order valence-electron chi connectivity index (χ3n) is 8.26. The first-order chi connectivity index (χ1) is 14.9. The summed E-state index contributed by atoms with van der Waals surface area (Å²) in [5.41, 5.74) is 6.85. The van der Waals surface area contributed by atoms with Crippen LogP contribution >= 0.6 is 0 Å². The van der Waals surface area contributed by atoms with Crippen molar-refractivity contribution in [3.05, 3.63) is 89.2 Å². The van der Waals surface area contributed by atoms with Crippen LogP contribution in [0.25, 0.3) is 0 Å². The van der Waals surface area contributed by atoms with Gasteiger partial charge in [-0.2, -0.15) is 0 Å². The lowest BCUT2D eigenvalue weighted by atomic mass is 9.41. The second kappa shape index (κ2) is 6.14. The van der Waals surface area contributed by atoms with Crippen molar-refractivity contribution in [2.75, 3.05) is 37.6 Å². The molecule has 1 saturated carbocycles. The van der Waals surface area contributed by atoms with E-state index in [2.05, 4.69) is 68.3 Å². The van der Waals surface area contributed by atoms with Crippen LogP contribution in [0.1, 0.15) is 40.5 Å². The van der Waals surface area contributed by atoms with Crippen LogP contribution in [0.3, 0.4) is 0 Å². The van der Waals surface area contributed by atoms with E-state index in [-0.39, 0.29) is 0 Å². The van der Waals surface area contributed by atoms with E-state index < -0.39 is 0 Å². The highest BCUT2D eigenvalue weighted by molar-refractivity contribution is 5.67. The lowest BCUT2D eigenvalue weighted by Crippen LogP contribution is -2.59. The van der Waals surface area contributed by atoms with E-state index in [1.165, 1.54) is 13.0 Å². The van der Waals surface area contributed by atoms with Gasteiger partial charge in [0, 0.05) is 56.5 Å². The highest BCUT2D eigenvalue weighted by Gasteiger charge is 2.69. The largest absolute Gasteiger partial charge is 0.338 e. The molecule has 1 aliphatic heterocycles. The minimum absolute atomic E-state index is 0.393. The average Bonchev–Trinajstić information content (AvgIpc) is 2.98. The SMILES string of the molecule is c1cnc(N2CCN(CC3CC45c6ccccc6C4c4ccccc4C35)CC2)nc1. The van der Waals surface area contributed by atoms with Gasteiger partial charge in [-0.25, -0.2) is 9.97 Å². The molecule has 0 radical (unpaired) electrons. The zero-order valence-electron chi connectivity index (χ0n) is 17.1. The molecule has 1 spiro atoms. The Hall–Kier alpha value is -2.72. The Morgan fingerprint density at radius 1 is 0.800 bits per heavy atom. The number of benzene rings is 2. The van der Waals surface area contributed by atoms with Crippen molar-refractivity contribution in [1.29, 1.82) is 0 Å². The van der Waals surface area contributed by atoms with Gasteiger partial charge in [0.1, 0.15) is 0 Å². The zero-order chi connectivity index (χ0) is 19.7. The number of hydrogen-bond donors (Lipinski definition) is 0. The van der Waals surface area contributed by atoms with Crippen LogP contribution < -0.4 is 4.90 Å². The molecule has 30 heavy (non-hydrogen) atoms. The first-order valence-corrected chi connectivity index (χ1v) is 11.3. The summed E-state index contributed by atoms with van der Waals surface area (Å²) in [4.78, 5) is 13.9. The molecule has 2 heterocycles.